The van der Waals surface area contributed by atoms with Gasteiger partial charge in [-0.2, -0.15) is 0 Å². The zero-order valence-corrected chi connectivity index (χ0v) is 21.1. The maximum atomic E-state index is 11.7. The van der Waals surface area contributed by atoms with Crippen LogP contribution >= 0.6 is 7.82 Å². The molecule has 5 unspecified atom stereocenters. The molecule has 0 saturated heterocycles. The number of aliphatic hydroxyl groups excluding tert-OH is 2. The van der Waals surface area contributed by atoms with Gasteiger partial charge in [0.1, 0.15) is 17.8 Å². The van der Waals surface area contributed by atoms with E-state index in [4.69, 9.17) is 9.26 Å². The topological polar surface area (TPSA) is 154 Å². The number of carbonyl (C=O) groups excluding carboxylic acids is 1. The van der Waals surface area contributed by atoms with Crippen molar-refractivity contribution < 1.29 is 43.7 Å². The average Bonchev–Trinajstić information content (AvgIpc) is 2.80. The molecule has 0 amide bonds. The van der Waals surface area contributed by atoms with Crippen molar-refractivity contribution in [1.29, 1.82) is 0 Å². The fourth-order valence-electron chi connectivity index (χ4n) is 4.46. The highest BCUT2D eigenvalue weighted by Gasteiger charge is 2.40. The molecule has 2 rings (SSSR count). The summed E-state index contributed by atoms with van der Waals surface area (Å²) in [7, 11) is -5.05. The summed E-state index contributed by atoms with van der Waals surface area (Å²) in [5, 5.41) is 31.3. The van der Waals surface area contributed by atoms with Crippen LogP contribution in [-0.2, 0) is 18.6 Å². The van der Waals surface area contributed by atoms with Crippen molar-refractivity contribution in [2.24, 2.45) is 11.8 Å². The summed E-state index contributed by atoms with van der Waals surface area (Å²) in [6.45, 7) is 1.39. The number of esters is 1. The van der Waals surface area contributed by atoms with Gasteiger partial charge in [-0.1, -0.05) is 62.6 Å². The Kier molecular flexibility index (Phi) is 12.1. The van der Waals surface area contributed by atoms with Crippen LogP contribution in [0.15, 0.2) is 48.6 Å². The van der Waals surface area contributed by atoms with E-state index < -0.39 is 44.3 Å². The van der Waals surface area contributed by atoms with Crippen LogP contribution in [0.3, 0.4) is 0 Å². The number of aliphatic hydroxyl groups is 3. The Morgan fingerprint density at radius 1 is 1.23 bits per heavy atom. The summed E-state index contributed by atoms with van der Waals surface area (Å²) >= 11 is 0. The SMILES string of the molecule is CCC1C=CC(=O)OC1C=CC(O)(CCO)C(CC(O)C=CC=CC1CCCCC1)OP(=O)(O)O. The molecule has 1 heterocycles. The van der Waals surface area contributed by atoms with Crippen LogP contribution < -0.4 is 0 Å². The Bertz CT molecular complexity index is 825. The Hall–Kier alpha value is -1.58. The number of rotatable bonds is 13. The Balaban J connectivity index is 2.16. The highest BCUT2D eigenvalue weighted by atomic mass is 31.2. The zero-order valence-electron chi connectivity index (χ0n) is 20.2. The molecule has 35 heavy (non-hydrogen) atoms. The molecule has 0 spiro atoms. The van der Waals surface area contributed by atoms with E-state index in [1.807, 2.05) is 13.0 Å². The van der Waals surface area contributed by atoms with Gasteiger partial charge in [-0.05, 0) is 31.3 Å². The van der Waals surface area contributed by atoms with Crippen LogP contribution in [0.1, 0.15) is 58.3 Å². The average molecular weight is 515 g/mol. The minimum Gasteiger partial charge on any atom is -0.454 e. The first kappa shape index (κ1) is 29.6. The first-order chi connectivity index (χ1) is 16.6. The summed E-state index contributed by atoms with van der Waals surface area (Å²) in [6.07, 6.45) is 15.2. The summed E-state index contributed by atoms with van der Waals surface area (Å²) in [4.78, 5) is 30.5. The molecular weight excluding hydrogens is 475 g/mol. The van der Waals surface area contributed by atoms with Gasteiger partial charge in [0.2, 0.25) is 0 Å². The monoisotopic (exact) mass is 514 g/mol. The van der Waals surface area contributed by atoms with Crippen LogP contribution in [-0.4, -0.2) is 61.6 Å². The van der Waals surface area contributed by atoms with Gasteiger partial charge in [0, 0.05) is 31.4 Å². The van der Waals surface area contributed by atoms with Gasteiger partial charge in [-0.15, -0.1) is 0 Å². The molecule has 1 aliphatic carbocycles. The predicted octanol–water partition coefficient (Wildman–Crippen LogP) is 3.09. The van der Waals surface area contributed by atoms with Crippen LogP contribution in [0.4, 0.5) is 0 Å². The third kappa shape index (κ3) is 10.5. The van der Waals surface area contributed by atoms with E-state index in [0.717, 1.165) is 12.8 Å². The summed E-state index contributed by atoms with van der Waals surface area (Å²) in [6, 6.07) is 0. The lowest BCUT2D eigenvalue weighted by molar-refractivity contribution is -0.143. The van der Waals surface area contributed by atoms with E-state index in [2.05, 4.69) is 6.08 Å². The molecule has 1 fully saturated rings. The third-order valence-electron chi connectivity index (χ3n) is 6.47. The van der Waals surface area contributed by atoms with Gasteiger partial charge in [0.05, 0.1) is 6.10 Å². The van der Waals surface area contributed by atoms with E-state index in [1.54, 1.807) is 12.2 Å². The number of carbonyl (C=O) groups is 1. The highest BCUT2D eigenvalue weighted by molar-refractivity contribution is 7.46. The standard InChI is InChI=1S/C25H39O9P/c1-2-20-12-13-24(28)33-22(20)14-15-25(29,16-17-26)23(34-35(30,31)32)18-21(27)11-7-6-10-19-8-4-3-5-9-19/h6-7,10-15,19-23,26-27,29H,2-5,8-9,16-18H2,1H3,(H2,30,31,32). The lowest BCUT2D eigenvalue weighted by atomic mass is 9.87. The van der Waals surface area contributed by atoms with Gasteiger partial charge in [-0.3, -0.25) is 4.52 Å². The van der Waals surface area contributed by atoms with Crippen LogP contribution in [0.5, 0.6) is 0 Å². The number of allylic oxidation sites excluding steroid dienone is 3. The molecule has 0 bridgehead atoms. The van der Waals surface area contributed by atoms with Crippen molar-refractivity contribution in [3.8, 4) is 0 Å². The number of cyclic esters (lactones) is 1. The van der Waals surface area contributed by atoms with E-state index in [1.165, 1.54) is 43.6 Å². The van der Waals surface area contributed by atoms with E-state index >= 15 is 0 Å². The largest absolute Gasteiger partial charge is 0.469 e. The second kappa shape index (κ2) is 14.2. The van der Waals surface area contributed by atoms with Crippen molar-refractivity contribution in [3.63, 3.8) is 0 Å². The van der Waals surface area contributed by atoms with Crippen molar-refractivity contribution >= 4 is 13.8 Å². The molecule has 198 valence electrons. The second-order valence-corrected chi connectivity index (χ2v) is 10.4. The molecule has 1 aliphatic heterocycles. The number of hydrogen-bond donors (Lipinski definition) is 5. The van der Waals surface area contributed by atoms with Gasteiger partial charge in [0.25, 0.3) is 0 Å². The normalized spacial score (nSPS) is 25.8. The second-order valence-electron chi connectivity index (χ2n) is 9.21. The van der Waals surface area contributed by atoms with E-state index in [0.29, 0.717) is 12.3 Å². The smallest absolute Gasteiger partial charge is 0.454 e. The van der Waals surface area contributed by atoms with Gasteiger partial charge >= 0.3 is 13.8 Å². The van der Waals surface area contributed by atoms with E-state index in [-0.39, 0.29) is 18.8 Å². The lowest BCUT2D eigenvalue weighted by Gasteiger charge is -2.35. The number of ether oxygens (including phenoxy) is 1. The minimum atomic E-state index is -5.05. The Labute approximate surface area is 207 Å². The zero-order chi connectivity index (χ0) is 25.9. The highest BCUT2D eigenvalue weighted by Crippen LogP contribution is 2.42. The molecule has 5 N–H and O–H groups in total. The van der Waals surface area contributed by atoms with Crippen LogP contribution in [0.2, 0.25) is 0 Å². The third-order valence-corrected chi connectivity index (χ3v) is 7.00. The van der Waals surface area contributed by atoms with Gasteiger partial charge < -0.3 is 29.8 Å². The van der Waals surface area contributed by atoms with Crippen LogP contribution in [0, 0.1) is 11.8 Å². The molecule has 0 aromatic carbocycles. The molecule has 1 saturated carbocycles. The molecule has 10 heteroatoms. The maximum Gasteiger partial charge on any atom is 0.469 e. The number of phosphoric ester groups is 1. The fourth-order valence-corrected chi connectivity index (χ4v) is 5.06. The molecule has 2 aliphatic rings. The first-order valence-electron chi connectivity index (χ1n) is 12.2. The quantitative estimate of drug-likeness (QED) is 0.108. The summed E-state index contributed by atoms with van der Waals surface area (Å²) in [5.41, 5.74) is -2.05. The maximum absolute atomic E-state index is 11.7. The van der Waals surface area contributed by atoms with Gasteiger partial charge in [-0.25, -0.2) is 9.36 Å². The lowest BCUT2D eigenvalue weighted by Crippen LogP contribution is -2.45. The number of hydrogen-bond acceptors (Lipinski definition) is 7. The van der Waals surface area contributed by atoms with Gasteiger partial charge in [0.15, 0.2) is 0 Å². The fraction of sp³-hybridized carbons (Fsp3) is 0.640. The van der Waals surface area contributed by atoms with Crippen molar-refractivity contribution in [2.45, 2.75) is 82.2 Å². The van der Waals surface area contributed by atoms with E-state index in [9.17, 15) is 34.5 Å². The molecule has 0 aromatic heterocycles. The van der Waals surface area contributed by atoms with Crippen LogP contribution in [0.25, 0.3) is 0 Å². The molecule has 9 nitrogen and oxygen atoms in total. The van der Waals surface area contributed by atoms with Crippen molar-refractivity contribution in [3.05, 3.63) is 48.6 Å². The number of phosphoric acid groups is 1. The minimum absolute atomic E-state index is 0.145. The predicted molar refractivity (Wildman–Crippen MR) is 131 cm³/mol. The summed E-state index contributed by atoms with van der Waals surface area (Å²) < 4.78 is 21.8. The van der Waals surface area contributed by atoms with Crippen molar-refractivity contribution in [1.82, 2.24) is 0 Å². The molecular formula is C25H39O9P. The summed E-state index contributed by atoms with van der Waals surface area (Å²) in [5.74, 6) is -0.181. The Morgan fingerprint density at radius 3 is 2.57 bits per heavy atom. The first-order valence-corrected chi connectivity index (χ1v) is 13.8. The molecule has 0 radical (unpaired) electrons. The Morgan fingerprint density at radius 2 is 1.94 bits per heavy atom. The molecule has 0 aromatic rings. The van der Waals surface area contributed by atoms with Crippen molar-refractivity contribution in [2.75, 3.05) is 6.61 Å². The molecule has 5 atom stereocenters.